The normalized spacial score (nSPS) is 12.3. The number of carbonyl (C=O) groups is 2. The smallest absolute Gasteiger partial charge is 0.251 e. The number of anilines is 1. The molecule has 0 aliphatic carbocycles. The van der Waals surface area contributed by atoms with Gasteiger partial charge in [-0.25, -0.2) is 12.7 Å². The molecule has 2 aromatic rings. The van der Waals surface area contributed by atoms with Crippen LogP contribution in [-0.4, -0.2) is 51.3 Å². The SMILES string of the molecule is CCOc1ccc(NC(=O)CC(C)NC(=O)c2ccccc2)cc1S(=O)(=O)N(C)C. The maximum absolute atomic E-state index is 12.6. The van der Waals surface area contributed by atoms with Crippen molar-refractivity contribution in [3.63, 3.8) is 0 Å². The molecular formula is C21H27N3O5S. The lowest BCUT2D eigenvalue weighted by Gasteiger charge is -2.17. The van der Waals surface area contributed by atoms with E-state index >= 15 is 0 Å². The molecule has 0 bridgehead atoms. The molecule has 1 unspecified atom stereocenters. The Kier molecular flexibility index (Phi) is 7.96. The molecular weight excluding hydrogens is 406 g/mol. The summed E-state index contributed by atoms with van der Waals surface area (Å²) >= 11 is 0. The molecule has 0 radical (unpaired) electrons. The van der Waals surface area contributed by atoms with Crippen molar-refractivity contribution in [2.24, 2.45) is 0 Å². The summed E-state index contributed by atoms with van der Waals surface area (Å²) in [6.45, 7) is 3.79. The van der Waals surface area contributed by atoms with E-state index in [2.05, 4.69) is 10.6 Å². The van der Waals surface area contributed by atoms with Crippen LogP contribution < -0.4 is 15.4 Å². The zero-order valence-corrected chi connectivity index (χ0v) is 18.3. The first-order valence-corrected chi connectivity index (χ1v) is 10.9. The van der Waals surface area contributed by atoms with Crippen molar-refractivity contribution in [3.05, 3.63) is 54.1 Å². The third kappa shape index (κ3) is 6.04. The summed E-state index contributed by atoms with van der Waals surface area (Å²) in [7, 11) is -0.910. The Balaban J connectivity index is 2.08. The predicted molar refractivity (Wildman–Crippen MR) is 115 cm³/mol. The van der Waals surface area contributed by atoms with Crippen LogP contribution in [0.25, 0.3) is 0 Å². The molecule has 0 heterocycles. The minimum atomic E-state index is -3.76. The van der Waals surface area contributed by atoms with E-state index in [9.17, 15) is 18.0 Å². The zero-order valence-electron chi connectivity index (χ0n) is 17.5. The Morgan fingerprint density at radius 1 is 1.10 bits per heavy atom. The summed E-state index contributed by atoms with van der Waals surface area (Å²) in [6, 6.07) is 12.8. The van der Waals surface area contributed by atoms with Crippen molar-refractivity contribution >= 4 is 27.5 Å². The monoisotopic (exact) mass is 433 g/mol. The summed E-state index contributed by atoms with van der Waals surface area (Å²) < 4.78 is 31.7. The molecule has 0 saturated heterocycles. The van der Waals surface area contributed by atoms with Gasteiger partial charge in [-0.3, -0.25) is 9.59 Å². The molecule has 2 rings (SSSR count). The maximum atomic E-state index is 12.6. The van der Waals surface area contributed by atoms with E-state index in [-0.39, 0.29) is 28.9 Å². The molecule has 0 spiro atoms. The van der Waals surface area contributed by atoms with E-state index in [1.165, 1.54) is 26.2 Å². The number of sulfonamides is 1. The highest BCUT2D eigenvalue weighted by atomic mass is 32.2. The van der Waals surface area contributed by atoms with Gasteiger partial charge < -0.3 is 15.4 Å². The highest BCUT2D eigenvalue weighted by Gasteiger charge is 2.23. The molecule has 0 fully saturated rings. The van der Waals surface area contributed by atoms with Gasteiger partial charge in [0.2, 0.25) is 15.9 Å². The number of hydrogen-bond donors (Lipinski definition) is 2. The Labute approximate surface area is 177 Å². The first kappa shape index (κ1) is 23.4. The van der Waals surface area contributed by atoms with Crippen molar-refractivity contribution in [3.8, 4) is 5.75 Å². The lowest BCUT2D eigenvalue weighted by molar-refractivity contribution is -0.116. The molecule has 9 heteroatoms. The van der Waals surface area contributed by atoms with Gasteiger partial charge in [-0.05, 0) is 44.2 Å². The minimum absolute atomic E-state index is 0.0293. The second kappa shape index (κ2) is 10.2. The summed E-state index contributed by atoms with van der Waals surface area (Å²) in [5.41, 5.74) is 0.834. The van der Waals surface area contributed by atoms with Gasteiger partial charge in [0.05, 0.1) is 6.61 Å². The Morgan fingerprint density at radius 2 is 1.77 bits per heavy atom. The van der Waals surface area contributed by atoms with E-state index in [4.69, 9.17) is 4.74 Å². The standard InChI is InChI=1S/C21H27N3O5S/c1-5-29-18-12-11-17(14-19(18)30(27,28)24(3)4)23-20(25)13-15(2)22-21(26)16-9-7-6-8-10-16/h6-12,14-15H,5,13H2,1-4H3,(H,22,26)(H,23,25). The second-order valence-corrected chi connectivity index (χ2v) is 9.00. The number of carbonyl (C=O) groups excluding carboxylic acids is 2. The fourth-order valence-corrected chi connectivity index (χ4v) is 3.75. The quantitative estimate of drug-likeness (QED) is 0.632. The van der Waals surface area contributed by atoms with Gasteiger partial charge in [0.1, 0.15) is 10.6 Å². The second-order valence-electron chi connectivity index (χ2n) is 6.87. The Hall–Kier alpha value is -2.91. The van der Waals surface area contributed by atoms with E-state index in [1.807, 2.05) is 6.07 Å². The molecule has 8 nitrogen and oxygen atoms in total. The fourth-order valence-electron chi connectivity index (χ4n) is 2.70. The fraction of sp³-hybridized carbons (Fsp3) is 0.333. The third-order valence-corrected chi connectivity index (χ3v) is 6.03. The highest BCUT2D eigenvalue weighted by molar-refractivity contribution is 7.89. The van der Waals surface area contributed by atoms with Gasteiger partial charge >= 0.3 is 0 Å². The van der Waals surface area contributed by atoms with Crippen LogP contribution in [0.2, 0.25) is 0 Å². The van der Waals surface area contributed by atoms with Gasteiger partial charge in [0.25, 0.3) is 5.91 Å². The maximum Gasteiger partial charge on any atom is 0.251 e. The van der Waals surface area contributed by atoms with E-state index in [0.717, 1.165) is 4.31 Å². The molecule has 2 aromatic carbocycles. The number of rotatable bonds is 9. The van der Waals surface area contributed by atoms with Crippen molar-refractivity contribution in [1.82, 2.24) is 9.62 Å². The third-order valence-electron chi connectivity index (χ3n) is 4.19. The van der Waals surface area contributed by atoms with Crippen molar-refractivity contribution < 1.29 is 22.7 Å². The first-order valence-electron chi connectivity index (χ1n) is 9.50. The van der Waals surface area contributed by atoms with Crippen LogP contribution in [-0.2, 0) is 14.8 Å². The molecule has 1 atom stereocenters. The van der Waals surface area contributed by atoms with Crippen LogP contribution in [0.5, 0.6) is 5.75 Å². The Morgan fingerprint density at radius 3 is 2.37 bits per heavy atom. The van der Waals surface area contributed by atoms with Crippen LogP contribution in [0.3, 0.4) is 0 Å². The van der Waals surface area contributed by atoms with Gasteiger partial charge in [-0.15, -0.1) is 0 Å². The average Bonchev–Trinajstić information content (AvgIpc) is 2.69. The minimum Gasteiger partial charge on any atom is -0.492 e. The lowest BCUT2D eigenvalue weighted by atomic mass is 10.1. The zero-order chi connectivity index (χ0) is 22.3. The van der Waals surface area contributed by atoms with Gasteiger partial charge in [0, 0.05) is 37.8 Å². The first-order chi connectivity index (χ1) is 14.1. The average molecular weight is 434 g/mol. The van der Waals surface area contributed by atoms with E-state index in [0.29, 0.717) is 17.9 Å². The summed E-state index contributed by atoms with van der Waals surface area (Å²) in [6.07, 6.45) is 0.0293. The summed E-state index contributed by atoms with van der Waals surface area (Å²) in [5.74, 6) is -0.405. The predicted octanol–water partition coefficient (Wildman–Crippen LogP) is 2.48. The molecule has 162 valence electrons. The van der Waals surface area contributed by atoms with Crippen LogP contribution in [0.4, 0.5) is 5.69 Å². The summed E-state index contributed by atoms with van der Waals surface area (Å²) in [5, 5.41) is 5.44. The van der Waals surface area contributed by atoms with E-state index < -0.39 is 16.1 Å². The molecule has 2 amide bonds. The van der Waals surface area contributed by atoms with Crippen LogP contribution in [0.1, 0.15) is 30.6 Å². The lowest BCUT2D eigenvalue weighted by Crippen LogP contribution is -2.35. The number of nitrogens with zero attached hydrogens (tertiary/aromatic N) is 1. The van der Waals surface area contributed by atoms with Gasteiger partial charge in [0.15, 0.2) is 0 Å². The van der Waals surface area contributed by atoms with Gasteiger partial charge in [-0.1, -0.05) is 18.2 Å². The molecule has 0 aliphatic heterocycles. The molecule has 30 heavy (non-hydrogen) atoms. The molecule has 0 aliphatic rings. The number of benzene rings is 2. The molecule has 0 aromatic heterocycles. The van der Waals surface area contributed by atoms with Crippen LogP contribution in [0.15, 0.2) is 53.4 Å². The van der Waals surface area contributed by atoms with Crippen molar-refractivity contribution in [2.75, 3.05) is 26.0 Å². The van der Waals surface area contributed by atoms with Crippen LogP contribution >= 0.6 is 0 Å². The number of amides is 2. The van der Waals surface area contributed by atoms with Crippen molar-refractivity contribution in [2.45, 2.75) is 31.2 Å². The van der Waals surface area contributed by atoms with Crippen LogP contribution in [0, 0.1) is 0 Å². The highest BCUT2D eigenvalue weighted by Crippen LogP contribution is 2.29. The Bertz CT molecular complexity index is 991. The molecule has 0 saturated carbocycles. The number of nitrogens with one attached hydrogen (secondary N) is 2. The van der Waals surface area contributed by atoms with Crippen molar-refractivity contribution in [1.29, 1.82) is 0 Å². The number of hydrogen-bond acceptors (Lipinski definition) is 5. The number of ether oxygens (including phenoxy) is 1. The van der Waals surface area contributed by atoms with Gasteiger partial charge in [-0.2, -0.15) is 0 Å². The topological polar surface area (TPSA) is 105 Å². The van der Waals surface area contributed by atoms with E-state index in [1.54, 1.807) is 44.2 Å². The largest absolute Gasteiger partial charge is 0.492 e. The molecule has 2 N–H and O–H groups in total. The summed E-state index contributed by atoms with van der Waals surface area (Å²) in [4.78, 5) is 24.5.